The Hall–Kier alpha value is -4.27. The SMILES string of the molecule is COC(=O)[C@H]1CCCn2c(-c3ccnc(Oc4ccccc4)n3)c(-c3ccc(F)cc3)c(=O)n21. The molecule has 0 saturated heterocycles. The first-order valence-corrected chi connectivity index (χ1v) is 10.8. The summed E-state index contributed by atoms with van der Waals surface area (Å²) in [7, 11) is 1.30. The summed E-state index contributed by atoms with van der Waals surface area (Å²) in [4.78, 5) is 34.9. The molecule has 0 bridgehead atoms. The summed E-state index contributed by atoms with van der Waals surface area (Å²) >= 11 is 0. The Labute approximate surface area is 194 Å². The Kier molecular flexibility index (Phi) is 5.67. The van der Waals surface area contributed by atoms with Crippen molar-refractivity contribution in [3.63, 3.8) is 0 Å². The topological polar surface area (TPSA) is 88.2 Å². The Morgan fingerprint density at radius 3 is 2.59 bits per heavy atom. The first kappa shape index (κ1) is 21.6. The number of para-hydroxylation sites is 1. The smallest absolute Gasteiger partial charge is 0.330 e. The van der Waals surface area contributed by atoms with E-state index < -0.39 is 17.8 Å². The molecule has 1 aliphatic heterocycles. The second kappa shape index (κ2) is 8.93. The van der Waals surface area contributed by atoms with Crippen LogP contribution in [-0.2, 0) is 16.1 Å². The summed E-state index contributed by atoms with van der Waals surface area (Å²) in [6.45, 7) is 0.498. The van der Waals surface area contributed by atoms with Gasteiger partial charge in [-0.15, -0.1) is 0 Å². The van der Waals surface area contributed by atoms with Gasteiger partial charge in [-0.05, 0) is 48.7 Å². The highest BCUT2D eigenvalue weighted by molar-refractivity contribution is 5.81. The maximum absolute atomic E-state index is 13.7. The first-order valence-electron chi connectivity index (χ1n) is 10.8. The molecule has 0 N–H and O–H groups in total. The maximum atomic E-state index is 13.7. The number of methoxy groups -OCH3 is 1. The van der Waals surface area contributed by atoms with E-state index in [-0.39, 0.29) is 11.6 Å². The van der Waals surface area contributed by atoms with Crippen molar-refractivity contribution in [1.29, 1.82) is 0 Å². The van der Waals surface area contributed by atoms with Crippen LogP contribution in [0.25, 0.3) is 22.5 Å². The maximum Gasteiger partial charge on any atom is 0.330 e. The third kappa shape index (κ3) is 3.85. The molecule has 9 heteroatoms. The van der Waals surface area contributed by atoms with Gasteiger partial charge in [-0.1, -0.05) is 30.3 Å². The molecule has 5 rings (SSSR count). The molecule has 2 aromatic heterocycles. The fourth-order valence-corrected chi connectivity index (χ4v) is 4.25. The van der Waals surface area contributed by atoms with E-state index in [1.807, 2.05) is 18.2 Å². The molecule has 0 unspecified atom stereocenters. The van der Waals surface area contributed by atoms with Crippen molar-refractivity contribution in [3.05, 3.63) is 83.0 Å². The minimum Gasteiger partial charge on any atom is -0.467 e. The van der Waals surface area contributed by atoms with Gasteiger partial charge >= 0.3 is 12.0 Å². The monoisotopic (exact) mass is 460 g/mol. The van der Waals surface area contributed by atoms with Gasteiger partial charge in [0.1, 0.15) is 11.6 Å². The molecule has 2 aromatic carbocycles. The number of hydrogen-bond acceptors (Lipinski definition) is 6. The largest absolute Gasteiger partial charge is 0.467 e. The van der Waals surface area contributed by atoms with E-state index in [0.717, 1.165) is 0 Å². The Morgan fingerprint density at radius 2 is 1.85 bits per heavy atom. The lowest BCUT2D eigenvalue weighted by Crippen LogP contribution is -2.37. The van der Waals surface area contributed by atoms with Crippen molar-refractivity contribution in [2.75, 3.05) is 7.11 Å². The molecule has 0 radical (unpaired) electrons. The molecule has 0 spiro atoms. The van der Waals surface area contributed by atoms with Crippen molar-refractivity contribution >= 4 is 5.97 Å². The number of halogens is 1. The van der Waals surface area contributed by atoms with Gasteiger partial charge in [0.2, 0.25) is 0 Å². The molecule has 4 aromatic rings. The molecule has 1 atom stereocenters. The summed E-state index contributed by atoms with van der Waals surface area (Å²) in [6, 6.07) is 15.8. The molecule has 0 fully saturated rings. The van der Waals surface area contributed by atoms with Crippen molar-refractivity contribution < 1.29 is 18.7 Å². The highest BCUT2D eigenvalue weighted by Crippen LogP contribution is 2.34. The molecule has 0 aliphatic carbocycles. The lowest BCUT2D eigenvalue weighted by Gasteiger charge is -2.26. The van der Waals surface area contributed by atoms with E-state index in [4.69, 9.17) is 9.47 Å². The zero-order chi connectivity index (χ0) is 23.7. The van der Waals surface area contributed by atoms with E-state index in [0.29, 0.717) is 47.7 Å². The van der Waals surface area contributed by atoms with Gasteiger partial charge in [-0.2, -0.15) is 4.98 Å². The lowest BCUT2D eigenvalue weighted by molar-refractivity contribution is -0.146. The van der Waals surface area contributed by atoms with Gasteiger partial charge in [-0.25, -0.2) is 18.9 Å². The van der Waals surface area contributed by atoms with E-state index in [2.05, 4.69) is 9.97 Å². The number of ether oxygens (including phenoxy) is 2. The number of esters is 1. The number of hydrogen-bond donors (Lipinski definition) is 0. The van der Waals surface area contributed by atoms with Crippen LogP contribution < -0.4 is 10.3 Å². The fourth-order valence-electron chi connectivity index (χ4n) is 4.25. The van der Waals surface area contributed by atoms with Gasteiger partial charge < -0.3 is 9.47 Å². The Bertz CT molecular complexity index is 1400. The lowest BCUT2D eigenvalue weighted by atomic mass is 10.0. The fraction of sp³-hybridized carbons (Fsp3) is 0.200. The number of nitrogens with zero attached hydrogens (tertiary/aromatic N) is 4. The average molecular weight is 460 g/mol. The third-order valence-corrected chi connectivity index (χ3v) is 5.75. The second-order valence-electron chi connectivity index (χ2n) is 7.82. The molecule has 8 nitrogen and oxygen atoms in total. The van der Waals surface area contributed by atoms with E-state index in [9.17, 15) is 14.0 Å². The number of carbonyl (C=O) groups is 1. The summed E-state index contributed by atoms with van der Waals surface area (Å²) in [5, 5.41) is 0. The summed E-state index contributed by atoms with van der Waals surface area (Å²) < 4.78 is 27.6. The molecule has 3 heterocycles. The predicted octanol–water partition coefficient (Wildman–Crippen LogP) is 4.21. The van der Waals surface area contributed by atoms with Crippen LogP contribution in [0.4, 0.5) is 4.39 Å². The predicted molar refractivity (Wildman–Crippen MR) is 122 cm³/mol. The number of aromatic nitrogens is 4. The minimum atomic E-state index is -0.763. The molecule has 1 aliphatic rings. The number of rotatable bonds is 5. The molecule has 34 heavy (non-hydrogen) atoms. The average Bonchev–Trinajstić information content (AvgIpc) is 3.17. The molecule has 0 saturated carbocycles. The quantitative estimate of drug-likeness (QED) is 0.415. The Balaban J connectivity index is 1.70. The molecular weight excluding hydrogens is 439 g/mol. The minimum absolute atomic E-state index is 0.113. The first-order chi connectivity index (χ1) is 16.6. The van der Waals surface area contributed by atoms with Crippen LogP contribution in [0.2, 0.25) is 0 Å². The zero-order valence-electron chi connectivity index (χ0n) is 18.3. The number of fused-ring (bicyclic) bond motifs is 1. The normalized spacial score (nSPS) is 14.9. The van der Waals surface area contributed by atoms with Gasteiger partial charge in [-0.3, -0.25) is 9.48 Å². The van der Waals surface area contributed by atoms with Crippen LogP contribution in [0, 0.1) is 5.82 Å². The van der Waals surface area contributed by atoms with Crippen LogP contribution >= 0.6 is 0 Å². The standard InChI is InChI=1S/C25H21FN4O4/c1-33-24(32)20-8-5-15-29-22(21(23(31)30(20)29)16-9-11-17(26)12-10-16)19-13-14-27-25(28-19)34-18-6-3-2-4-7-18/h2-4,6-7,9-14,20H,5,8,15H2,1H3/t20-/m1/s1. The van der Waals surface area contributed by atoms with Crippen LogP contribution in [0.5, 0.6) is 11.8 Å². The summed E-state index contributed by atoms with van der Waals surface area (Å²) in [5.41, 5.74) is 1.41. The summed E-state index contributed by atoms with van der Waals surface area (Å²) in [6.07, 6.45) is 2.69. The van der Waals surface area contributed by atoms with Gasteiger partial charge in [0, 0.05) is 12.7 Å². The van der Waals surface area contributed by atoms with Gasteiger partial charge in [0.15, 0.2) is 6.04 Å². The van der Waals surface area contributed by atoms with Crippen molar-refractivity contribution in [3.8, 4) is 34.3 Å². The third-order valence-electron chi connectivity index (χ3n) is 5.75. The highest BCUT2D eigenvalue weighted by atomic mass is 19.1. The Morgan fingerprint density at radius 1 is 1.09 bits per heavy atom. The van der Waals surface area contributed by atoms with Gasteiger partial charge in [0.25, 0.3) is 5.56 Å². The van der Waals surface area contributed by atoms with Crippen LogP contribution in [0.1, 0.15) is 18.9 Å². The zero-order valence-corrected chi connectivity index (χ0v) is 18.3. The van der Waals surface area contributed by atoms with E-state index >= 15 is 0 Å². The van der Waals surface area contributed by atoms with Crippen LogP contribution in [0.15, 0.2) is 71.7 Å². The van der Waals surface area contributed by atoms with E-state index in [1.165, 1.54) is 36.1 Å². The highest BCUT2D eigenvalue weighted by Gasteiger charge is 2.34. The number of benzene rings is 2. The second-order valence-corrected chi connectivity index (χ2v) is 7.82. The van der Waals surface area contributed by atoms with Crippen molar-refractivity contribution in [2.45, 2.75) is 25.4 Å². The summed E-state index contributed by atoms with van der Waals surface area (Å²) in [5.74, 6) is -0.337. The number of carbonyl (C=O) groups excluding carboxylic acids is 1. The van der Waals surface area contributed by atoms with Crippen LogP contribution in [-0.4, -0.2) is 32.4 Å². The molecule has 0 amide bonds. The van der Waals surface area contributed by atoms with E-state index in [1.54, 1.807) is 29.1 Å². The van der Waals surface area contributed by atoms with Gasteiger partial charge in [0.05, 0.1) is 24.1 Å². The van der Waals surface area contributed by atoms with Crippen LogP contribution in [0.3, 0.4) is 0 Å². The molecule has 172 valence electrons. The van der Waals surface area contributed by atoms with Crippen molar-refractivity contribution in [1.82, 2.24) is 19.3 Å². The van der Waals surface area contributed by atoms with Crippen molar-refractivity contribution in [2.24, 2.45) is 0 Å². The molecular formula is C25H21FN4O4.